The van der Waals surface area contributed by atoms with Crippen LogP contribution in [0.15, 0.2) is 72.1 Å². The van der Waals surface area contributed by atoms with Crippen LogP contribution in [-0.4, -0.2) is 63.8 Å². The van der Waals surface area contributed by atoms with E-state index < -0.39 is 0 Å². The molecule has 1 N–H and O–H groups in total. The van der Waals surface area contributed by atoms with Crippen LogP contribution in [0.1, 0.15) is 30.5 Å². The Balaban J connectivity index is 1.33. The molecule has 7 nitrogen and oxygen atoms in total. The van der Waals surface area contributed by atoms with Crippen molar-refractivity contribution >= 4 is 5.96 Å². The Morgan fingerprint density at radius 1 is 1.06 bits per heavy atom. The Kier molecular flexibility index (Phi) is 6.94. The molecule has 1 fully saturated rings. The third kappa shape index (κ3) is 5.11. The Morgan fingerprint density at radius 3 is 2.55 bits per heavy atom. The van der Waals surface area contributed by atoms with Crippen LogP contribution in [0, 0.1) is 0 Å². The van der Waals surface area contributed by atoms with Gasteiger partial charge in [-0.3, -0.25) is 9.89 Å². The summed E-state index contributed by atoms with van der Waals surface area (Å²) in [7, 11) is 1.86. The lowest BCUT2D eigenvalue weighted by atomic mass is 10.0. The number of hydrogen-bond acceptors (Lipinski definition) is 4. The van der Waals surface area contributed by atoms with Crippen molar-refractivity contribution in [3.05, 3.63) is 78.2 Å². The molecule has 31 heavy (non-hydrogen) atoms. The van der Waals surface area contributed by atoms with Gasteiger partial charge < -0.3 is 10.2 Å². The molecule has 0 aliphatic carbocycles. The standard InChI is InChI=1S/C24H31N7/c1-3-22(21-8-5-4-6-9-21)29-14-16-30(17-15-29)24(25-2)27-19-20-10-12-26-23(18-20)31-13-7-11-28-31/h4-13,18,22H,3,14-17,19H2,1-2H3,(H,25,27). The SMILES string of the molecule is CCC(c1ccccc1)N1CCN(C(=NC)NCc2ccnc(-n3cccn3)c2)CC1. The number of hydrogen-bond donors (Lipinski definition) is 1. The highest BCUT2D eigenvalue weighted by atomic mass is 15.4. The van der Waals surface area contributed by atoms with Gasteiger partial charge in [0.2, 0.25) is 0 Å². The number of pyridine rings is 1. The lowest BCUT2D eigenvalue weighted by Gasteiger charge is -2.40. The summed E-state index contributed by atoms with van der Waals surface area (Å²) in [6.07, 6.45) is 6.60. The molecular weight excluding hydrogens is 386 g/mol. The molecule has 1 saturated heterocycles. The second-order valence-electron chi connectivity index (χ2n) is 7.73. The fourth-order valence-corrected chi connectivity index (χ4v) is 4.24. The second kappa shape index (κ2) is 10.2. The van der Waals surface area contributed by atoms with Gasteiger partial charge in [0.15, 0.2) is 11.8 Å². The maximum Gasteiger partial charge on any atom is 0.194 e. The minimum atomic E-state index is 0.482. The van der Waals surface area contributed by atoms with E-state index in [0.29, 0.717) is 12.6 Å². The summed E-state index contributed by atoms with van der Waals surface area (Å²) < 4.78 is 1.77. The molecule has 3 aromatic rings. The minimum absolute atomic E-state index is 0.482. The van der Waals surface area contributed by atoms with E-state index in [-0.39, 0.29) is 0 Å². The third-order valence-electron chi connectivity index (χ3n) is 5.84. The van der Waals surface area contributed by atoms with Crippen LogP contribution < -0.4 is 5.32 Å². The van der Waals surface area contributed by atoms with E-state index in [9.17, 15) is 0 Å². The number of rotatable bonds is 6. The van der Waals surface area contributed by atoms with Crippen molar-refractivity contribution in [3.8, 4) is 5.82 Å². The van der Waals surface area contributed by atoms with Crippen molar-refractivity contribution < 1.29 is 0 Å². The van der Waals surface area contributed by atoms with Crippen LogP contribution in [0.3, 0.4) is 0 Å². The lowest BCUT2D eigenvalue weighted by Crippen LogP contribution is -2.52. The molecule has 1 aliphatic rings. The topological polar surface area (TPSA) is 61.6 Å². The number of guanidine groups is 1. The molecule has 1 unspecified atom stereocenters. The average molecular weight is 418 g/mol. The maximum absolute atomic E-state index is 4.53. The van der Waals surface area contributed by atoms with Crippen LogP contribution in [0.5, 0.6) is 0 Å². The Morgan fingerprint density at radius 2 is 1.87 bits per heavy atom. The van der Waals surface area contributed by atoms with Crippen molar-refractivity contribution in [2.45, 2.75) is 25.9 Å². The van der Waals surface area contributed by atoms with Gasteiger partial charge in [-0.1, -0.05) is 37.3 Å². The number of nitrogens with zero attached hydrogens (tertiary/aromatic N) is 6. The number of benzene rings is 1. The van der Waals surface area contributed by atoms with Crippen LogP contribution in [0.4, 0.5) is 0 Å². The van der Waals surface area contributed by atoms with Crippen molar-refractivity contribution in [1.82, 2.24) is 29.9 Å². The zero-order chi connectivity index (χ0) is 21.5. The Labute approximate surface area is 184 Å². The van der Waals surface area contributed by atoms with E-state index in [2.05, 4.69) is 73.5 Å². The molecule has 0 amide bonds. The van der Waals surface area contributed by atoms with Gasteiger partial charge in [-0.05, 0) is 35.7 Å². The predicted molar refractivity (Wildman–Crippen MR) is 124 cm³/mol. The second-order valence-corrected chi connectivity index (χ2v) is 7.73. The van der Waals surface area contributed by atoms with Gasteiger partial charge in [0.1, 0.15) is 0 Å². The first kappa shape index (κ1) is 21.1. The first-order valence-electron chi connectivity index (χ1n) is 11.0. The van der Waals surface area contributed by atoms with Gasteiger partial charge >= 0.3 is 0 Å². The normalized spacial score (nSPS) is 16.3. The van der Waals surface area contributed by atoms with E-state index in [1.165, 1.54) is 5.56 Å². The van der Waals surface area contributed by atoms with Gasteiger partial charge in [0.25, 0.3) is 0 Å². The summed E-state index contributed by atoms with van der Waals surface area (Å²) in [6.45, 7) is 6.98. The minimum Gasteiger partial charge on any atom is -0.352 e. The molecule has 1 atom stereocenters. The quantitative estimate of drug-likeness (QED) is 0.493. The molecule has 0 bridgehead atoms. The largest absolute Gasteiger partial charge is 0.352 e. The van der Waals surface area contributed by atoms with E-state index in [1.54, 1.807) is 10.9 Å². The van der Waals surface area contributed by atoms with Crippen molar-refractivity contribution in [3.63, 3.8) is 0 Å². The fourth-order valence-electron chi connectivity index (χ4n) is 4.24. The molecule has 0 saturated carbocycles. The monoisotopic (exact) mass is 417 g/mol. The van der Waals surface area contributed by atoms with E-state index in [1.807, 2.05) is 31.6 Å². The molecule has 162 valence electrons. The number of piperazine rings is 1. The van der Waals surface area contributed by atoms with Crippen LogP contribution >= 0.6 is 0 Å². The highest BCUT2D eigenvalue weighted by Crippen LogP contribution is 2.25. The molecule has 4 rings (SSSR count). The summed E-state index contributed by atoms with van der Waals surface area (Å²) >= 11 is 0. The zero-order valence-corrected chi connectivity index (χ0v) is 18.4. The van der Waals surface area contributed by atoms with E-state index in [4.69, 9.17) is 0 Å². The summed E-state index contributed by atoms with van der Waals surface area (Å²) in [5.41, 5.74) is 2.56. The van der Waals surface area contributed by atoms with Crippen LogP contribution in [0.2, 0.25) is 0 Å². The number of aromatic nitrogens is 3. The zero-order valence-electron chi connectivity index (χ0n) is 18.4. The highest BCUT2D eigenvalue weighted by Gasteiger charge is 2.25. The molecule has 7 heteroatoms. The van der Waals surface area contributed by atoms with Crippen LogP contribution in [0.25, 0.3) is 5.82 Å². The summed E-state index contributed by atoms with van der Waals surface area (Å²) in [5.74, 6) is 1.77. The smallest absolute Gasteiger partial charge is 0.194 e. The number of aliphatic imine (C=N–C) groups is 1. The van der Waals surface area contributed by atoms with Gasteiger partial charge in [0, 0.05) is 64.4 Å². The van der Waals surface area contributed by atoms with Crippen molar-refractivity contribution in [2.24, 2.45) is 4.99 Å². The highest BCUT2D eigenvalue weighted by molar-refractivity contribution is 5.80. The van der Waals surface area contributed by atoms with Gasteiger partial charge in [-0.15, -0.1) is 0 Å². The Hall–Kier alpha value is -3.19. The number of nitrogens with one attached hydrogen (secondary N) is 1. The molecule has 3 heterocycles. The molecule has 0 radical (unpaired) electrons. The van der Waals surface area contributed by atoms with E-state index >= 15 is 0 Å². The van der Waals surface area contributed by atoms with Gasteiger partial charge in [-0.2, -0.15) is 5.10 Å². The molecule has 0 spiro atoms. The Bertz CT molecular complexity index is 961. The molecular formula is C24H31N7. The first-order chi connectivity index (χ1) is 15.3. The lowest BCUT2D eigenvalue weighted by molar-refractivity contribution is 0.127. The predicted octanol–water partition coefficient (Wildman–Crippen LogP) is 3.11. The van der Waals surface area contributed by atoms with Gasteiger partial charge in [0.05, 0.1) is 0 Å². The van der Waals surface area contributed by atoms with E-state index in [0.717, 1.165) is 49.9 Å². The summed E-state index contributed by atoms with van der Waals surface area (Å²) in [4.78, 5) is 13.9. The average Bonchev–Trinajstić information content (AvgIpc) is 3.37. The summed E-state index contributed by atoms with van der Waals surface area (Å²) in [6, 6.07) is 17.3. The molecule has 1 aliphatic heterocycles. The third-order valence-corrected chi connectivity index (χ3v) is 5.84. The van der Waals surface area contributed by atoms with Crippen molar-refractivity contribution in [2.75, 3.05) is 33.2 Å². The molecule has 1 aromatic carbocycles. The van der Waals surface area contributed by atoms with Crippen LogP contribution in [-0.2, 0) is 6.54 Å². The summed E-state index contributed by atoms with van der Waals surface area (Å²) in [5, 5.41) is 7.78. The van der Waals surface area contributed by atoms with Gasteiger partial charge in [-0.25, -0.2) is 9.67 Å². The fraction of sp³-hybridized carbons (Fsp3) is 0.375. The van der Waals surface area contributed by atoms with Crippen molar-refractivity contribution in [1.29, 1.82) is 0 Å². The first-order valence-corrected chi connectivity index (χ1v) is 11.0. The molecule has 2 aromatic heterocycles. The maximum atomic E-state index is 4.53.